The van der Waals surface area contributed by atoms with Crippen LogP contribution >= 0.6 is 0 Å². The van der Waals surface area contributed by atoms with E-state index in [0.717, 1.165) is 12.8 Å². The topological polar surface area (TPSA) is 63.2 Å². The maximum absolute atomic E-state index is 11.6. The van der Waals surface area contributed by atoms with E-state index >= 15 is 0 Å². The van der Waals surface area contributed by atoms with Crippen LogP contribution in [0.25, 0.3) is 0 Å². The van der Waals surface area contributed by atoms with Crippen LogP contribution in [0.3, 0.4) is 0 Å². The first-order valence-electron chi connectivity index (χ1n) is 5.66. The lowest BCUT2D eigenvalue weighted by Crippen LogP contribution is -2.37. The fraction of sp³-hybridized carbons (Fsp3) is 0.727. The number of rotatable bonds is 5. The van der Waals surface area contributed by atoms with Gasteiger partial charge in [-0.15, -0.1) is 0 Å². The van der Waals surface area contributed by atoms with Gasteiger partial charge in [0.05, 0.1) is 5.25 Å². The van der Waals surface area contributed by atoms with Crippen LogP contribution in [0.4, 0.5) is 0 Å². The normalized spacial score (nSPS) is 22.0. The Labute approximate surface area is 97.2 Å². The van der Waals surface area contributed by atoms with E-state index in [1.165, 1.54) is 0 Å². The molecule has 0 aromatic rings. The van der Waals surface area contributed by atoms with Gasteiger partial charge >= 0.3 is 0 Å². The molecule has 1 aliphatic carbocycles. The zero-order valence-corrected chi connectivity index (χ0v) is 10.6. The van der Waals surface area contributed by atoms with Crippen LogP contribution in [-0.2, 0) is 14.8 Å². The van der Waals surface area contributed by atoms with Gasteiger partial charge in [0, 0.05) is 6.42 Å². The van der Waals surface area contributed by atoms with E-state index in [4.69, 9.17) is 0 Å². The molecule has 0 heterocycles. The number of nitrogens with one attached hydrogen (secondary N) is 1. The van der Waals surface area contributed by atoms with Crippen molar-refractivity contribution in [2.75, 3.05) is 0 Å². The van der Waals surface area contributed by atoms with E-state index in [2.05, 4.69) is 4.72 Å². The Hall–Kier alpha value is -0.840. The number of carbonyl (C=O) groups is 1. The van der Waals surface area contributed by atoms with Crippen LogP contribution < -0.4 is 4.72 Å². The van der Waals surface area contributed by atoms with Crippen molar-refractivity contribution in [3.05, 3.63) is 12.2 Å². The molecule has 0 saturated carbocycles. The number of sulfonamides is 1. The molecule has 1 rings (SSSR count). The van der Waals surface area contributed by atoms with Crippen molar-refractivity contribution < 1.29 is 13.2 Å². The highest BCUT2D eigenvalue weighted by atomic mass is 32.2. The minimum atomic E-state index is -3.47. The Balaban J connectivity index is 2.47. The summed E-state index contributed by atoms with van der Waals surface area (Å²) < 4.78 is 25.3. The largest absolute Gasteiger partial charge is 0.274 e. The highest BCUT2D eigenvalue weighted by Crippen LogP contribution is 2.20. The molecule has 0 bridgehead atoms. The van der Waals surface area contributed by atoms with Gasteiger partial charge in [0.2, 0.25) is 15.9 Å². The first-order chi connectivity index (χ1) is 7.45. The molecule has 0 aliphatic heterocycles. The van der Waals surface area contributed by atoms with Crippen molar-refractivity contribution >= 4 is 15.9 Å². The van der Waals surface area contributed by atoms with E-state index < -0.39 is 21.2 Å². The van der Waals surface area contributed by atoms with Gasteiger partial charge in [0.15, 0.2) is 0 Å². The van der Waals surface area contributed by atoms with Crippen molar-refractivity contribution in [1.29, 1.82) is 0 Å². The maximum atomic E-state index is 11.6. The van der Waals surface area contributed by atoms with Crippen molar-refractivity contribution in [2.45, 2.75) is 44.8 Å². The molecule has 5 heteroatoms. The summed E-state index contributed by atoms with van der Waals surface area (Å²) in [6, 6.07) is 0. The lowest BCUT2D eigenvalue weighted by Gasteiger charge is -2.13. The molecule has 0 radical (unpaired) electrons. The molecule has 4 nitrogen and oxygen atoms in total. The molecule has 0 spiro atoms. The Kier molecular flexibility index (Phi) is 4.53. The third-order valence-electron chi connectivity index (χ3n) is 2.92. The number of hydrogen-bond acceptors (Lipinski definition) is 3. The monoisotopic (exact) mass is 245 g/mol. The van der Waals surface area contributed by atoms with Crippen LogP contribution in [0.1, 0.15) is 39.5 Å². The molecule has 1 N–H and O–H groups in total. The summed E-state index contributed by atoms with van der Waals surface area (Å²) in [5.41, 5.74) is 0. The molecule has 0 aromatic carbocycles. The average Bonchev–Trinajstić information content (AvgIpc) is 2.67. The van der Waals surface area contributed by atoms with Crippen LogP contribution in [-0.4, -0.2) is 19.6 Å². The van der Waals surface area contributed by atoms with Crippen LogP contribution in [0.15, 0.2) is 12.2 Å². The van der Waals surface area contributed by atoms with Crippen molar-refractivity contribution in [3.63, 3.8) is 0 Å². The van der Waals surface area contributed by atoms with Crippen LogP contribution in [0, 0.1) is 5.92 Å². The van der Waals surface area contributed by atoms with E-state index in [1.807, 2.05) is 12.2 Å². The smallest absolute Gasteiger partial charge is 0.237 e. The van der Waals surface area contributed by atoms with Crippen LogP contribution in [0.2, 0.25) is 0 Å². The molecular formula is C11H19NO3S. The SMILES string of the molecule is CC[C@H](C)S(=O)(=O)NC(=O)C[C@@H]1C=CCC1. The summed E-state index contributed by atoms with van der Waals surface area (Å²) in [6.07, 6.45) is 6.71. The van der Waals surface area contributed by atoms with Gasteiger partial charge < -0.3 is 0 Å². The van der Waals surface area contributed by atoms with Gasteiger partial charge in [-0.2, -0.15) is 0 Å². The summed E-state index contributed by atoms with van der Waals surface area (Å²) in [4.78, 5) is 11.5. The minimum absolute atomic E-state index is 0.201. The van der Waals surface area contributed by atoms with Crippen molar-refractivity contribution in [3.8, 4) is 0 Å². The van der Waals surface area contributed by atoms with Gasteiger partial charge in [-0.3, -0.25) is 9.52 Å². The van der Waals surface area contributed by atoms with E-state index in [-0.39, 0.29) is 12.3 Å². The first kappa shape index (κ1) is 13.2. The van der Waals surface area contributed by atoms with E-state index in [1.54, 1.807) is 13.8 Å². The minimum Gasteiger partial charge on any atom is -0.274 e. The standard InChI is InChI=1S/C11H19NO3S/c1-3-9(2)16(14,15)12-11(13)8-10-6-4-5-7-10/h4,6,9-10H,3,5,7-8H2,1-2H3,(H,12,13)/t9-,10+/m0/s1. The van der Waals surface area contributed by atoms with Gasteiger partial charge in [0.25, 0.3) is 0 Å². The Morgan fingerprint density at radius 3 is 2.75 bits per heavy atom. The predicted molar refractivity (Wildman–Crippen MR) is 63.3 cm³/mol. The number of carbonyl (C=O) groups excluding carboxylic acids is 1. The molecule has 0 fully saturated rings. The van der Waals surface area contributed by atoms with E-state index in [0.29, 0.717) is 6.42 Å². The Morgan fingerprint density at radius 1 is 1.56 bits per heavy atom. The summed E-state index contributed by atoms with van der Waals surface area (Å²) >= 11 is 0. The van der Waals surface area contributed by atoms with Crippen LogP contribution in [0.5, 0.6) is 0 Å². The molecule has 16 heavy (non-hydrogen) atoms. The summed E-state index contributed by atoms with van der Waals surface area (Å²) in [6.45, 7) is 3.39. The highest BCUT2D eigenvalue weighted by Gasteiger charge is 2.23. The number of allylic oxidation sites excluding steroid dienone is 2. The van der Waals surface area contributed by atoms with Gasteiger partial charge in [-0.25, -0.2) is 8.42 Å². The average molecular weight is 245 g/mol. The zero-order valence-electron chi connectivity index (χ0n) is 9.77. The highest BCUT2D eigenvalue weighted by molar-refractivity contribution is 7.90. The molecule has 0 saturated heterocycles. The third-order valence-corrected chi connectivity index (χ3v) is 4.83. The number of amides is 1. The second kappa shape index (κ2) is 5.48. The molecule has 0 unspecified atom stereocenters. The van der Waals surface area contributed by atoms with E-state index in [9.17, 15) is 13.2 Å². The first-order valence-corrected chi connectivity index (χ1v) is 7.21. The maximum Gasteiger partial charge on any atom is 0.237 e. The lowest BCUT2D eigenvalue weighted by atomic mass is 10.1. The fourth-order valence-corrected chi connectivity index (χ4v) is 2.66. The predicted octanol–water partition coefficient (Wildman–Crippen LogP) is 1.59. The van der Waals surface area contributed by atoms with Gasteiger partial charge in [0.1, 0.15) is 0 Å². The molecule has 2 atom stereocenters. The summed E-state index contributed by atoms with van der Waals surface area (Å²) in [5.74, 6) is -0.191. The summed E-state index contributed by atoms with van der Waals surface area (Å²) in [5, 5.41) is -0.518. The third kappa shape index (κ3) is 3.63. The molecule has 0 aromatic heterocycles. The molecule has 1 aliphatic rings. The van der Waals surface area contributed by atoms with Gasteiger partial charge in [-0.1, -0.05) is 19.1 Å². The lowest BCUT2D eigenvalue weighted by molar-refractivity contribution is -0.119. The Morgan fingerprint density at radius 2 is 2.25 bits per heavy atom. The fourth-order valence-electron chi connectivity index (χ4n) is 1.62. The Bertz CT molecular complexity index is 373. The second-order valence-corrected chi connectivity index (χ2v) is 6.36. The van der Waals surface area contributed by atoms with Gasteiger partial charge in [-0.05, 0) is 32.1 Å². The zero-order chi connectivity index (χ0) is 12.2. The molecule has 1 amide bonds. The number of hydrogen-bond donors (Lipinski definition) is 1. The second-order valence-electron chi connectivity index (χ2n) is 4.26. The quantitative estimate of drug-likeness (QED) is 0.748. The van der Waals surface area contributed by atoms with Crippen molar-refractivity contribution in [1.82, 2.24) is 4.72 Å². The van der Waals surface area contributed by atoms with Crippen molar-refractivity contribution in [2.24, 2.45) is 5.92 Å². The molecular weight excluding hydrogens is 226 g/mol. The summed E-state index contributed by atoms with van der Waals surface area (Å²) in [7, 11) is -3.47. The molecule has 92 valence electrons.